The summed E-state index contributed by atoms with van der Waals surface area (Å²) < 4.78 is 0. The molecule has 27 heavy (non-hydrogen) atoms. The highest BCUT2D eigenvalue weighted by molar-refractivity contribution is 5.97. The van der Waals surface area contributed by atoms with Crippen molar-refractivity contribution in [2.45, 2.75) is 19.4 Å². The molecule has 146 valence electrons. The molecule has 1 saturated heterocycles. The van der Waals surface area contributed by atoms with Gasteiger partial charge in [-0.15, -0.1) is 6.58 Å². The molecule has 0 aromatic heterocycles. The molecular formula is C20H29N5O2. The number of nitrogens with zero attached hydrogens (tertiary/aromatic N) is 3. The monoisotopic (exact) mass is 371 g/mol. The second-order valence-corrected chi connectivity index (χ2v) is 6.53. The molecule has 0 saturated carbocycles. The molecule has 1 aromatic carbocycles. The smallest absolute Gasteiger partial charge is 0.254 e. The quantitative estimate of drug-likeness (QED) is 0.327. The minimum Gasteiger partial charge on any atom is -0.353 e. The first-order valence-electron chi connectivity index (χ1n) is 9.22. The van der Waals surface area contributed by atoms with Crippen molar-refractivity contribution in [1.29, 1.82) is 0 Å². The van der Waals surface area contributed by atoms with E-state index in [0.29, 0.717) is 25.2 Å². The topological polar surface area (TPSA) is 77.0 Å². The highest BCUT2D eigenvalue weighted by atomic mass is 16.2. The van der Waals surface area contributed by atoms with Gasteiger partial charge in [0.25, 0.3) is 5.91 Å². The largest absolute Gasteiger partial charge is 0.353 e. The van der Waals surface area contributed by atoms with Crippen molar-refractivity contribution in [3.8, 4) is 0 Å². The molecule has 7 heteroatoms. The number of carbonyl (C=O) groups excluding carboxylic acids is 2. The van der Waals surface area contributed by atoms with Crippen LogP contribution in [0.25, 0.3) is 0 Å². The van der Waals surface area contributed by atoms with Crippen LogP contribution in [0.15, 0.2) is 41.9 Å². The van der Waals surface area contributed by atoms with E-state index in [1.807, 2.05) is 37.4 Å². The Hall–Kier alpha value is -2.83. The molecule has 7 nitrogen and oxygen atoms in total. The Labute approximate surface area is 161 Å². The summed E-state index contributed by atoms with van der Waals surface area (Å²) >= 11 is 0. The number of unbranched alkanes of at least 4 members (excludes halogenated alkanes) is 1. The van der Waals surface area contributed by atoms with E-state index in [1.165, 1.54) is 0 Å². The third-order valence-corrected chi connectivity index (χ3v) is 4.45. The van der Waals surface area contributed by atoms with Crippen molar-refractivity contribution >= 4 is 17.8 Å². The van der Waals surface area contributed by atoms with Gasteiger partial charge in [0.15, 0.2) is 5.96 Å². The molecule has 2 rings (SSSR count). The van der Waals surface area contributed by atoms with E-state index in [4.69, 9.17) is 0 Å². The molecule has 0 bridgehead atoms. The summed E-state index contributed by atoms with van der Waals surface area (Å²) in [5.74, 6) is 0.611. The Balaban J connectivity index is 1.88. The lowest BCUT2D eigenvalue weighted by Crippen LogP contribution is -2.49. The number of piperazine rings is 1. The average molecular weight is 371 g/mol. The number of nitrogens with one attached hydrogen (secondary N) is 2. The van der Waals surface area contributed by atoms with E-state index in [0.717, 1.165) is 30.9 Å². The zero-order valence-electron chi connectivity index (χ0n) is 16.2. The van der Waals surface area contributed by atoms with E-state index >= 15 is 0 Å². The van der Waals surface area contributed by atoms with Gasteiger partial charge in [0.05, 0.1) is 6.54 Å². The van der Waals surface area contributed by atoms with Gasteiger partial charge in [-0.25, -0.2) is 0 Å². The first-order chi connectivity index (χ1) is 13.0. The summed E-state index contributed by atoms with van der Waals surface area (Å²) in [6, 6.07) is 7.47. The highest BCUT2D eigenvalue weighted by Gasteiger charge is 2.22. The van der Waals surface area contributed by atoms with Gasteiger partial charge in [-0.05, 0) is 30.5 Å². The zero-order valence-corrected chi connectivity index (χ0v) is 16.2. The van der Waals surface area contributed by atoms with Crippen molar-refractivity contribution in [2.24, 2.45) is 4.99 Å². The van der Waals surface area contributed by atoms with Gasteiger partial charge in [-0.2, -0.15) is 0 Å². The Morgan fingerprint density at radius 2 is 2.15 bits per heavy atom. The predicted octanol–water partition coefficient (Wildman–Crippen LogP) is 1.23. The van der Waals surface area contributed by atoms with Crippen LogP contribution in [-0.4, -0.2) is 67.8 Å². The van der Waals surface area contributed by atoms with Gasteiger partial charge in [-0.1, -0.05) is 18.2 Å². The Bertz CT molecular complexity index is 684. The Morgan fingerprint density at radius 3 is 2.78 bits per heavy atom. The number of carbonyl (C=O) groups is 2. The molecule has 0 radical (unpaired) electrons. The van der Waals surface area contributed by atoms with E-state index in [9.17, 15) is 9.59 Å². The summed E-state index contributed by atoms with van der Waals surface area (Å²) in [6.45, 7) is 6.44. The fourth-order valence-corrected chi connectivity index (χ4v) is 2.90. The average Bonchev–Trinajstić information content (AvgIpc) is 2.68. The fraction of sp³-hybridized carbons (Fsp3) is 0.450. The van der Waals surface area contributed by atoms with Crippen molar-refractivity contribution < 1.29 is 9.59 Å². The fourth-order valence-electron chi connectivity index (χ4n) is 2.90. The van der Waals surface area contributed by atoms with Gasteiger partial charge < -0.3 is 20.4 Å². The molecule has 0 atom stereocenters. The second-order valence-electron chi connectivity index (χ2n) is 6.53. The number of guanidine groups is 1. The molecule has 1 aromatic rings. The Kier molecular flexibility index (Phi) is 7.85. The van der Waals surface area contributed by atoms with E-state index in [1.54, 1.807) is 11.9 Å². The molecule has 0 spiro atoms. The van der Waals surface area contributed by atoms with Gasteiger partial charge in [0.1, 0.15) is 0 Å². The number of amides is 2. The summed E-state index contributed by atoms with van der Waals surface area (Å²) in [7, 11) is 3.78. The number of rotatable bonds is 7. The summed E-state index contributed by atoms with van der Waals surface area (Å²) in [4.78, 5) is 31.9. The third-order valence-electron chi connectivity index (χ3n) is 4.45. The summed E-state index contributed by atoms with van der Waals surface area (Å²) in [5.41, 5.74) is 1.66. The minimum atomic E-state index is -0.112. The lowest BCUT2D eigenvalue weighted by atomic mass is 10.1. The standard InChI is InChI=1S/C20H29N5O2/c1-4-5-6-12-24(3)20(21-2)23-14-16-7-9-17(10-8-16)19(27)25-13-11-22-18(26)15-25/h4,7-10H,1,5-6,11-15H2,2-3H3,(H,21,23)(H,22,26). The number of allylic oxidation sites excluding steroid dienone is 1. The van der Waals surface area contributed by atoms with Crippen molar-refractivity contribution in [2.75, 3.05) is 40.3 Å². The van der Waals surface area contributed by atoms with E-state index in [2.05, 4.69) is 27.1 Å². The van der Waals surface area contributed by atoms with Crippen LogP contribution in [0.4, 0.5) is 0 Å². The predicted molar refractivity (Wildman–Crippen MR) is 108 cm³/mol. The number of hydrogen-bond donors (Lipinski definition) is 2. The van der Waals surface area contributed by atoms with Crippen LogP contribution in [0.5, 0.6) is 0 Å². The zero-order chi connectivity index (χ0) is 19.6. The van der Waals surface area contributed by atoms with Crippen molar-refractivity contribution in [3.05, 3.63) is 48.0 Å². The molecular weight excluding hydrogens is 342 g/mol. The maximum Gasteiger partial charge on any atom is 0.254 e. The van der Waals surface area contributed by atoms with E-state index < -0.39 is 0 Å². The summed E-state index contributed by atoms with van der Waals surface area (Å²) in [6.07, 6.45) is 3.94. The normalized spacial score (nSPS) is 14.5. The van der Waals surface area contributed by atoms with Crippen LogP contribution in [0, 0.1) is 0 Å². The molecule has 0 aliphatic carbocycles. The van der Waals surface area contributed by atoms with Gasteiger partial charge in [-0.3, -0.25) is 14.6 Å². The molecule has 2 amide bonds. The van der Waals surface area contributed by atoms with Crippen molar-refractivity contribution in [1.82, 2.24) is 20.4 Å². The number of benzene rings is 1. The second kappa shape index (κ2) is 10.4. The van der Waals surface area contributed by atoms with Crippen LogP contribution in [0.2, 0.25) is 0 Å². The minimum absolute atomic E-state index is 0.109. The van der Waals surface area contributed by atoms with Crippen LogP contribution in [0.3, 0.4) is 0 Å². The van der Waals surface area contributed by atoms with E-state index in [-0.39, 0.29) is 18.4 Å². The van der Waals surface area contributed by atoms with Crippen LogP contribution in [0.1, 0.15) is 28.8 Å². The first-order valence-corrected chi connectivity index (χ1v) is 9.22. The lowest BCUT2D eigenvalue weighted by molar-refractivity contribution is -0.123. The van der Waals surface area contributed by atoms with Crippen molar-refractivity contribution in [3.63, 3.8) is 0 Å². The van der Waals surface area contributed by atoms with Gasteiger partial charge >= 0.3 is 0 Å². The Morgan fingerprint density at radius 1 is 1.41 bits per heavy atom. The van der Waals surface area contributed by atoms with Crippen LogP contribution < -0.4 is 10.6 Å². The molecule has 1 fully saturated rings. The number of aliphatic imine (C=N–C) groups is 1. The molecule has 1 aliphatic heterocycles. The van der Waals surface area contributed by atoms with Crippen LogP contribution >= 0.6 is 0 Å². The maximum atomic E-state index is 12.5. The number of hydrogen-bond acceptors (Lipinski definition) is 3. The molecule has 1 heterocycles. The highest BCUT2D eigenvalue weighted by Crippen LogP contribution is 2.09. The lowest BCUT2D eigenvalue weighted by Gasteiger charge is -2.26. The maximum absolute atomic E-state index is 12.5. The molecule has 2 N–H and O–H groups in total. The molecule has 1 aliphatic rings. The summed E-state index contributed by atoms with van der Waals surface area (Å²) in [5, 5.41) is 6.06. The SMILES string of the molecule is C=CCCCN(C)C(=NC)NCc1ccc(C(=O)N2CCNC(=O)C2)cc1. The van der Waals surface area contributed by atoms with Gasteiger partial charge in [0, 0.05) is 45.8 Å². The first kappa shape index (κ1) is 20.5. The van der Waals surface area contributed by atoms with Gasteiger partial charge in [0.2, 0.25) is 5.91 Å². The van der Waals surface area contributed by atoms with Crippen LogP contribution in [-0.2, 0) is 11.3 Å². The third kappa shape index (κ3) is 6.13. The molecule has 0 unspecified atom stereocenters.